The van der Waals surface area contributed by atoms with Gasteiger partial charge in [0, 0.05) is 35.6 Å². The van der Waals surface area contributed by atoms with Crippen LogP contribution >= 0.6 is 0 Å². The number of nitrogens with zero attached hydrogens (tertiary/aromatic N) is 3. The zero-order valence-electron chi connectivity index (χ0n) is 11.9. The molecular weight excluding hydrogens is 254 g/mol. The average Bonchev–Trinajstić information content (AvgIpc) is 3.11. The second kappa shape index (κ2) is 5.11. The minimum absolute atomic E-state index is 0.104. The molecule has 0 aromatic carbocycles. The maximum atomic E-state index is 12.2. The second-order valence-corrected chi connectivity index (χ2v) is 5.14. The molecule has 1 aliphatic carbocycles. The van der Waals surface area contributed by atoms with E-state index >= 15 is 0 Å². The van der Waals surface area contributed by atoms with E-state index in [1.807, 2.05) is 17.8 Å². The third kappa shape index (κ3) is 2.11. The molecule has 20 heavy (non-hydrogen) atoms. The Morgan fingerprint density at radius 3 is 3.10 bits per heavy atom. The SMILES string of the molecule is CCn1ncc(CNC(=O)c2n[nH]c3c2CCC3)c1C. The Labute approximate surface area is 117 Å². The maximum Gasteiger partial charge on any atom is 0.272 e. The van der Waals surface area contributed by atoms with Gasteiger partial charge >= 0.3 is 0 Å². The van der Waals surface area contributed by atoms with Gasteiger partial charge in [-0.25, -0.2) is 0 Å². The number of nitrogens with one attached hydrogen (secondary N) is 2. The van der Waals surface area contributed by atoms with Gasteiger partial charge < -0.3 is 5.32 Å². The number of amides is 1. The van der Waals surface area contributed by atoms with Crippen LogP contribution in [0.2, 0.25) is 0 Å². The monoisotopic (exact) mass is 273 g/mol. The highest BCUT2D eigenvalue weighted by molar-refractivity contribution is 5.94. The van der Waals surface area contributed by atoms with Gasteiger partial charge in [0.25, 0.3) is 5.91 Å². The molecule has 0 fully saturated rings. The lowest BCUT2D eigenvalue weighted by Gasteiger charge is -2.05. The van der Waals surface area contributed by atoms with E-state index in [0.717, 1.165) is 48.3 Å². The van der Waals surface area contributed by atoms with Crippen molar-refractivity contribution < 1.29 is 4.79 Å². The van der Waals surface area contributed by atoms with Crippen molar-refractivity contribution in [3.8, 4) is 0 Å². The van der Waals surface area contributed by atoms with Crippen molar-refractivity contribution in [1.29, 1.82) is 0 Å². The number of fused-ring (bicyclic) bond motifs is 1. The lowest BCUT2D eigenvalue weighted by atomic mass is 10.2. The lowest BCUT2D eigenvalue weighted by molar-refractivity contribution is 0.0945. The summed E-state index contributed by atoms with van der Waals surface area (Å²) < 4.78 is 1.92. The largest absolute Gasteiger partial charge is 0.346 e. The van der Waals surface area contributed by atoms with Gasteiger partial charge in [-0.15, -0.1) is 0 Å². The molecule has 0 atom stereocenters. The summed E-state index contributed by atoms with van der Waals surface area (Å²) in [6, 6.07) is 0. The number of carbonyl (C=O) groups excluding carboxylic acids is 1. The van der Waals surface area contributed by atoms with Crippen molar-refractivity contribution in [3.05, 3.63) is 34.4 Å². The van der Waals surface area contributed by atoms with Crippen molar-refractivity contribution in [2.75, 3.05) is 0 Å². The molecule has 2 heterocycles. The molecule has 106 valence electrons. The molecule has 0 saturated carbocycles. The first-order chi connectivity index (χ1) is 9.70. The first kappa shape index (κ1) is 12.9. The maximum absolute atomic E-state index is 12.2. The van der Waals surface area contributed by atoms with Crippen molar-refractivity contribution in [2.24, 2.45) is 0 Å². The Kier molecular flexibility index (Phi) is 3.30. The van der Waals surface area contributed by atoms with Gasteiger partial charge in [-0.1, -0.05) is 0 Å². The summed E-state index contributed by atoms with van der Waals surface area (Å²) in [5.74, 6) is -0.104. The van der Waals surface area contributed by atoms with Gasteiger partial charge in [0.1, 0.15) is 0 Å². The molecular formula is C14H19N5O. The van der Waals surface area contributed by atoms with E-state index in [-0.39, 0.29) is 5.91 Å². The number of aryl methyl sites for hydroxylation is 2. The molecule has 3 rings (SSSR count). The van der Waals surface area contributed by atoms with Gasteiger partial charge in [0.05, 0.1) is 6.20 Å². The minimum atomic E-state index is -0.104. The Morgan fingerprint density at radius 1 is 1.50 bits per heavy atom. The molecule has 2 aromatic rings. The molecule has 6 nitrogen and oxygen atoms in total. The molecule has 0 bridgehead atoms. The number of hydrogen-bond donors (Lipinski definition) is 2. The van der Waals surface area contributed by atoms with Crippen molar-refractivity contribution in [3.63, 3.8) is 0 Å². The third-order valence-corrected chi connectivity index (χ3v) is 3.97. The summed E-state index contributed by atoms with van der Waals surface area (Å²) in [7, 11) is 0. The third-order valence-electron chi connectivity index (χ3n) is 3.97. The van der Waals surface area contributed by atoms with Gasteiger partial charge in [-0.2, -0.15) is 10.2 Å². The van der Waals surface area contributed by atoms with Crippen LogP contribution in [0.3, 0.4) is 0 Å². The van der Waals surface area contributed by atoms with E-state index in [1.165, 1.54) is 0 Å². The van der Waals surface area contributed by atoms with Crippen LogP contribution in [0.1, 0.15) is 46.3 Å². The molecule has 2 N–H and O–H groups in total. The molecule has 0 radical (unpaired) electrons. The standard InChI is InChI=1S/C14H19N5O/c1-3-19-9(2)10(8-16-19)7-15-14(20)13-11-5-4-6-12(11)17-18-13/h8H,3-7H2,1-2H3,(H,15,20)(H,17,18). The molecule has 0 aliphatic heterocycles. The summed E-state index contributed by atoms with van der Waals surface area (Å²) in [6.45, 7) is 5.40. The molecule has 1 amide bonds. The average molecular weight is 273 g/mol. The number of aromatic amines is 1. The summed E-state index contributed by atoms with van der Waals surface area (Å²) in [4.78, 5) is 12.2. The van der Waals surface area contributed by atoms with E-state index in [9.17, 15) is 4.79 Å². The highest BCUT2D eigenvalue weighted by Gasteiger charge is 2.22. The molecule has 6 heteroatoms. The Balaban J connectivity index is 1.68. The van der Waals surface area contributed by atoms with Crippen LogP contribution in [0.15, 0.2) is 6.20 Å². The van der Waals surface area contributed by atoms with Gasteiger partial charge in [0.2, 0.25) is 0 Å². The quantitative estimate of drug-likeness (QED) is 0.883. The van der Waals surface area contributed by atoms with E-state index in [4.69, 9.17) is 0 Å². The molecule has 0 saturated heterocycles. The highest BCUT2D eigenvalue weighted by atomic mass is 16.1. The van der Waals surface area contributed by atoms with Gasteiger partial charge in [-0.3, -0.25) is 14.6 Å². The number of aromatic nitrogens is 4. The van der Waals surface area contributed by atoms with E-state index in [2.05, 4.69) is 27.5 Å². The lowest BCUT2D eigenvalue weighted by Crippen LogP contribution is -2.24. The first-order valence-corrected chi connectivity index (χ1v) is 7.06. The van der Waals surface area contributed by atoms with Crippen LogP contribution < -0.4 is 5.32 Å². The van der Waals surface area contributed by atoms with Crippen molar-refractivity contribution in [1.82, 2.24) is 25.3 Å². The van der Waals surface area contributed by atoms with Crippen LogP contribution in [0.5, 0.6) is 0 Å². The van der Waals surface area contributed by atoms with E-state index in [1.54, 1.807) is 0 Å². The predicted molar refractivity (Wildman–Crippen MR) is 74.4 cm³/mol. The fourth-order valence-corrected chi connectivity index (χ4v) is 2.74. The molecule has 0 spiro atoms. The summed E-state index contributed by atoms with van der Waals surface area (Å²) >= 11 is 0. The summed E-state index contributed by atoms with van der Waals surface area (Å²) in [5, 5.41) is 14.3. The van der Waals surface area contributed by atoms with Gasteiger partial charge in [-0.05, 0) is 33.1 Å². The van der Waals surface area contributed by atoms with Crippen LogP contribution in [-0.2, 0) is 25.9 Å². The predicted octanol–water partition coefficient (Wildman–Crippen LogP) is 1.35. The highest BCUT2D eigenvalue weighted by Crippen LogP contribution is 2.22. The van der Waals surface area contributed by atoms with Crippen LogP contribution in [0.25, 0.3) is 0 Å². The zero-order chi connectivity index (χ0) is 14.1. The fraction of sp³-hybridized carbons (Fsp3) is 0.500. The Hall–Kier alpha value is -2.11. The van der Waals surface area contributed by atoms with Crippen LogP contribution in [0, 0.1) is 6.92 Å². The minimum Gasteiger partial charge on any atom is -0.346 e. The smallest absolute Gasteiger partial charge is 0.272 e. The topological polar surface area (TPSA) is 75.6 Å². The zero-order valence-corrected chi connectivity index (χ0v) is 11.9. The molecule has 1 aliphatic rings. The van der Waals surface area contributed by atoms with Crippen molar-refractivity contribution >= 4 is 5.91 Å². The van der Waals surface area contributed by atoms with Gasteiger partial charge in [0.15, 0.2) is 5.69 Å². The number of rotatable bonds is 4. The molecule has 0 unspecified atom stereocenters. The fourth-order valence-electron chi connectivity index (χ4n) is 2.74. The second-order valence-electron chi connectivity index (χ2n) is 5.14. The van der Waals surface area contributed by atoms with E-state index < -0.39 is 0 Å². The Bertz CT molecular complexity index is 640. The summed E-state index contributed by atoms with van der Waals surface area (Å²) in [6.07, 6.45) is 4.86. The summed E-state index contributed by atoms with van der Waals surface area (Å²) in [5.41, 5.74) is 4.90. The van der Waals surface area contributed by atoms with Crippen LogP contribution in [-0.4, -0.2) is 25.9 Å². The van der Waals surface area contributed by atoms with Crippen LogP contribution in [0.4, 0.5) is 0 Å². The number of hydrogen-bond acceptors (Lipinski definition) is 3. The number of H-pyrrole nitrogens is 1. The normalized spacial score (nSPS) is 13.5. The van der Waals surface area contributed by atoms with Crippen molar-refractivity contribution in [2.45, 2.75) is 46.2 Å². The molecule has 2 aromatic heterocycles. The van der Waals surface area contributed by atoms with E-state index in [0.29, 0.717) is 12.2 Å². The Morgan fingerprint density at radius 2 is 2.35 bits per heavy atom. The first-order valence-electron chi connectivity index (χ1n) is 7.06. The number of carbonyl (C=O) groups is 1.